The van der Waals surface area contributed by atoms with Crippen LogP contribution in [0.4, 0.5) is 4.79 Å². The number of carbonyl (C=O) groups is 1. The van der Waals surface area contributed by atoms with E-state index in [0.717, 1.165) is 11.1 Å². The van der Waals surface area contributed by atoms with Gasteiger partial charge in [-0.1, -0.05) is 76.6 Å². The van der Waals surface area contributed by atoms with Gasteiger partial charge < -0.3 is 9.84 Å². The van der Waals surface area contributed by atoms with Crippen molar-refractivity contribution in [2.45, 2.75) is 17.0 Å². The fraction of sp³-hybridized carbons (Fsp3) is 0.278. The molecule has 6 heteroatoms. The zero-order valence-corrected chi connectivity index (χ0v) is 14.5. The van der Waals surface area contributed by atoms with Crippen LogP contribution in [0.1, 0.15) is 23.3 Å². The highest BCUT2D eigenvalue weighted by Gasteiger charge is 2.36. The number of amides is 1. The predicted octanol–water partition coefficient (Wildman–Crippen LogP) is 3.61. The van der Waals surface area contributed by atoms with Gasteiger partial charge >= 0.3 is 6.09 Å². The standard InChI is InChI=1S/C18H18BrNO4/c19-15(17(21)14-9-5-2-6-10-14)11-24-20-16(12-23-18(20)22)13-7-3-1-4-8-13/h1-10,15-17,21H,11-12H2/t15-,16+,17-/m0/s1. The third-order valence-electron chi connectivity index (χ3n) is 3.87. The summed E-state index contributed by atoms with van der Waals surface area (Å²) in [5, 5.41) is 11.6. The molecule has 126 valence electrons. The molecule has 1 aliphatic heterocycles. The van der Waals surface area contributed by atoms with Gasteiger partial charge in [0.15, 0.2) is 0 Å². The first-order valence-electron chi connectivity index (χ1n) is 7.67. The molecule has 0 saturated carbocycles. The van der Waals surface area contributed by atoms with Crippen LogP contribution in [0.3, 0.4) is 0 Å². The maximum absolute atomic E-state index is 11.9. The van der Waals surface area contributed by atoms with Crippen LogP contribution in [-0.2, 0) is 9.57 Å². The van der Waals surface area contributed by atoms with Crippen LogP contribution in [-0.4, -0.2) is 34.3 Å². The lowest BCUT2D eigenvalue weighted by Crippen LogP contribution is -2.31. The van der Waals surface area contributed by atoms with Crippen LogP contribution >= 0.6 is 15.9 Å². The number of aliphatic hydroxyl groups excluding tert-OH is 1. The Morgan fingerprint density at radius 2 is 1.79 bits per heavy atom. The maximum atomic E-state index is 11.9. The average Bonchev–Trinajstić information content (AvgIpc) is 3.01. The van der Waals surface area contributed by atoms with Crippen molar-refractivity contribution in [3.63, 3.8) is 0 Å². The molecule has 1 N–H and O–H groups in total. The summed E-state index contributed by atoms with van der Waals surface area (Å²) in [6.07, 6.45) is -1.25. The van der Waals surface area contributed by atoms with Gasteiger partial charge in [-0.2, -0.15) is 5.06 Å². The zero-order chi connectivity index (χ0) is 16.9. The summed E-state index contributed by atoms with van der Waals surface area (Å²) in [6.45, 7) is 0.380. The smallest absolute Gasteiger partial charge is 0.434 e. The molecule has 1 fully saturated rings. The molecule has 1 amide bonds. The molecule has 0 unspecified atom stereocenters. The number of hydroxylamine groups is 2. The fourth-order valence-corrected chi connectivity index (χ4v) is 2.98. The van der Waals surface area contributed by atoms with Crippen LogP contribution in [0.25, 0.3) is 0 Å². The Bertz CT molecular complexity index is 667. The van der Waals surface area contributed by atoms with Crippen molar-refractivity contribution in [3.8, 4) is 0 Å². The molecule has 1 aliphatic rings. The number of nitrogens with zero attached hydrogens (tertiary/aromatic N) is 1. The second kappa shape index (κ2) is 7.79. The molecule has 2 aromatic rings. The third-order valence-corrected chi connectivity index (χ3v) is 4.63. The highest BCUT2D eigenvalue weighted by atomic mass is 79.9. The van der Waals surface area contributed by atoms with E-state index in [1.165, 1.54) is 5.06 Å². The molecule has 0 aromatic heterocycles. The van der Waals surface area contributed by atoms with E-state index in [1.807, 2.05) is 60.7 Å². The molecule has 0 aliphatic carbocycles. The van der Waals surface area contributed by atoms with Crippen molar-refractivity contribution in [1.29, 1.82) is 0 Å². The van der Waals surface area contributed by atoms with Gasteiger partial charge in [0.2, 0.25) is 0 Å². The van der Waals surface area contributed by atoms with Gasteiger partial charge in [0.25, 0.3) is 0 Å². The molecule has 1 saturated heterocycles. The summed E-state index contributed by atoms with van der Waals surface area (Å²) in [5.74, 6) is 0. The van der Waals surface area contributed by atoms with Gasteiger partial charge in [-0.05, 0) is 11.1 Å². The van der Waals surface area contributed by atoms with Crippen molar-refractivity contribution in [2.75, 3.05) is 13.2 Å². The number of cyclic esters (lactones) is 1. The van der Waals surface area contributed by atoms with E-state index in [9.17, 15) is 9.90 Å². The monoisotopic (exact) mass is 391 g/mol. The molecular formula is C18H18BrNO4. The first-order valence-corrected chi connectivity index (χ1v) is 8.59. The second-order valence-corrected chi connectivity index (χ2v) is 6.67. The van der Waals surface area contributed by atoms with Gasteiger partial charge in [0.05, 0.1) is 17.5 Å². The number of ether oxygens (including phenoxy) is 1. The maximum Gasteiger partial charge on any atom is 0.434 e. The van der Waals surface area contributed by atoms with E-state index < -0.39 is 12.2 Å². The van der Waals surface area contributed by atoms with Gasteiger partial charge in [0.1, 0.15) is 12.6 Å². The van der Waals surface area contributed by atoms with Gasteiger partial charge in [-0.3, -0.25) is 4.84 Å². The van der Waals surface area contributed by atoms with Crippen molar-refractivity contribution in [3.05, 3.63) is 71.8 Å². The van der Waals surface area contributed by atoms with E-state index in [-0.39, 0.29) is 24.1 Å². The summed E-state index contributed by atoms with van der Waals surface area (Å²) >= 11 is 3.43. The van der Waals surface area contributed by atoms with Crippen LogP contribution in [0.2, 0.25) is 0 Å². The molecule has 24 heavy (non-hydrogen) atoms. The number of alkyl halides is 1. The van der Waals surface area contributed by atoms with Crippen molar-refractivity contribution in [2.24, 2.45) is 0 Å². The number of aliphatic hydroxyl groups is 1. The molecule has 0 bridgehead atoms. The molecule has 1 heterocycles. The molecule has 3 rings (SSSR count). The first kappa shape index (κ1) is 17.0. The van der Waals surface area contributed by atoms with E-state index in [2.05, 4.69) is 15.9 Å². The molecule has 0 spiro atoms. The van der Waals surface area contributed by atoms with E-state index in [0.29, 0.717) is 0 Å². The van der Waals surface area contributed by atoms with Crippen LogP contribution in [0, 0.1) is 0 Å². The molecular weight excluding hydrogens is 374 g/mol. The van der Waals surface area contributed by atoms with Gasteiger partial charge in [-0.15, -0.1) is 0 Å². The Balaban J connectivity index is 1.63. The van der Waals surface area contributed by atoms with Crippen LogP contribution in [0.5, 0.6) is 0 Å². The Hall–Kier alpha value is -1.89. The SMILES string of the molecule is O=C1OC[C@H](c2ccccc2)N1OC[C@H](Br)[C@@H](O)c1ccccc1. The van der Waals surface area contributed by atoms with Crippen LogP contribution < -0.4 is 0 Å². The molecule has 0 radical (unpaired) electrons. The average molecular weight is 392 g/mol. The Labute approximate surface area is 148 Å². The Morgan fingerprint density at radius 1 is 1.17 bits per heavy atom. The number of rotatable bonds is 6. The number of benzene rings is 2. The number of hydrogen-bond acceptors (Lipinski definition) is 4. The molecule has 5 nitrogen and oxygen atoms in total. The predicted molar refractivity (Wildman–Crippen MR) is 92.4 cm³/mol. The molecule has 3 atom stereocenters. The summed E-state index contributed by atoms with van der Waals surface area (Å²) in [4.78, 5) is 17.2. The zero-order valence-electron chi connectivity index (χ0n) is 12.9. The number of hydrogen-bond donors (Lipinski definition) is 1. The second-order valence-electron chi connectivity index (χ2n) is 5.50. The molecule has 2 aromatic carbocycles. The highest BCUT2D eigenvalue weighted by Crippen LogP contribution is 2.29. The Kier molecular flexibility index (Phi) is 5.50. The summed E-state index contributed by atoms with van der Waals surface area (Å²) in [5.41, 5.74) is 1.73. The topological polar surface area (TPSA) is 59.0 Å². The fourth-order valence-electron chi connectivity index (χ4n) is 2.56. The minimum Gasteiger partial charge on any atom is -0.445 e. The van der Waals surface area contributed by atoms with E-state index >= 15 is 0 Å². The number of carbonyl (C=O) groups excluding carboxylic acids is 1. The van der Waals surface area contributed by atoms with Crippen molar-refractivity contribution >= 4 is 22.0 Å². The minimum absolute atomic E-state index is 0.133. The summed E-state index contributed by atoms with van der Waals surface area (Å²) < 4.78 is 5.09. The lowest BCUT2D eigenvalue weighted by molar-refractivity contribution is -0.136. The van der Waals surface area contributed by atoms with E-state index in [1.54, 1.807) is 0 Å². The van der Waals surface area contributed by atoms with Crippen molar-refractivity contribution < 1.29 is 19.5 Å². The van der Waals surface area contributed by atoms with E-state index in [4.69, 9.17) is 9.57 Å². The summed E-state index contributed by atoms with van der Waals surface area (Å²) in [6, 6.07) is 18.6. The lowest BCUT2D eigenvalue weighted by Gasteiger charge is -2.24. The lowest BCUT2D eigenvalue weighted by atomic mass is 10.1. The minimum atomic E-state index is -0.736. The Morgan fingerprint density at radius 3 is 2.46 bits per heavy atom. The first-order chi connectivity index (χ1) is 11.7. The normalized spacial score (nSPS) is 19.8. The van der Waals surface area contributed by atoms with Gasteiger partial charge in [-0.25, -0.2) is 4.79 Å². The van der Waals surface area contributed by atoms with Crippen LogP contribution in [0.15, 0.2) is 60.7 Å². The third kappa shape index (κ3) is 3.77. The summed E-state index contributed by atoms with van der Waals surface area (Å²) in [7, 11) is 0. The highest BCUT2D eigenvalue weighted by molar-refractivity contribution is 9.09. The largest absolute Gasteiger partial charge is 0.445 e. The van der Waals surface area contributed by atoms with Crippen molar-refractivity contribution in [1.82, 2.24) is 5.06 Å². The number of halogens is 1. The van der Waals surface area contributed by atoms with Gasteiger partial charge in [0, 0.05) is 0 Å². The quantitative estimate of drug-likeness (QED) is 0.764.